The summed E-state index contributed by atoms with van der Waals surface area (Å²) >= 11 is 1.53. The number of fused-ring (bicyclic) bond motifs is 1. The van der Waals surface area contributed by atoms with Crippen molar-refractivity contribution >= 4 is 34.1 Å². The number of carbonyl (C=O) groups excluding carboxylic acids is 2. The van der Waals surface area contributed by atoms with Gasteiger partial charge < -0.3 is 9.88 Å². The van der Waals surface area contributed by atoms with Crippen LogP contribution in [0.4, 0.5) is 0 Å². The molecule has 3 aromatic heterocycles. The predicted octanol–water partition coefficient (Wildman–Crippen LogP) is 5.30. The van der Waals surface area contributed by atoms with Crippen LogP contribution in [0.1, 0.15) is 70.0 Å². The molecule has 2 unspecified atom stereocenters. The molecule has 1 saturated carbocycles. The van der Waals surface area contributed by atoms with Gasteiger partial charge in [-0.2, -0.15) is 5.10 Å². The zero-order chi connectivity index (χ0) is 22.9. The molecule has 0 spiro atoms. The Labute approximate surface area is 196 Å². The number of amides is 1. The van der Waals surface area contributed by atoms with Crippen molar-refractivity contribution in [1.29, 1.82) is 0 Å². The molecule has 0 saturated heterocycles. The zero-order valence-corrected chi connectivity index (χ0v) is 19.6. The molecule has 0 bridgehead atoms. The first-order valence-corrected chi connectivity index (χ1v) is 12.3. The molecule has 7 nitrogen and oxygen atoms in total. The van der Waals surface area contributed by atoms with Crippen molar-refractivity contribution in [3.05, 3.63) is 57.9 Å². The molecule has 2 atom stereocenters. The number of aromatic nitrogens is 4. The standard InChI is InChI=1S/C25H27N5O2S/c1-3-22(31)16-8-9-21-20(13-16)28-24(19-11-12-26-29-19)30(21)18-6-4-5-17(14-18)27-25(32)23-10-7-15(2)33-23/h7-13,17-18H,3-6,14H2,1-2H3,(H,26,29)(H,27,32). The molecule has 0 aliphatic heterocycles. The minimum atomic E-state index is 0.00532. The lowest BCUT2D eigenvalue weighted by atomic mass is 9.90. The molecule has 4 aromatic rings. The Balaban J connectivity index is 1.47. The van der Waals surface area contributed by atoms with Gasteiger partial charge in [-0.05, 0) is 69.0 Å². The van der Waals surface area contributed by atoms with Gasteiger partial charge in [-0.3, -0.25) is 14.7 Å². The number of benzene rings is 1. The topological polar surface area (TPSA) is 92.7 Å². The molecule has 3 heterocycles. The van der Waals surface area contributed by atoms with Crippen molar-refractivity contribution in [2.45, 2.75) is 58.0 Å². The maximum absolute atomic E-state index is 12.8. The van der Waals surface area contributed by atoms with Crippen molar-refractivity contribution in [3.63, 3.8) is 0 Å². The summed E-state index contributed by atoms with van der Waals surface area (Å²) in [5.74, 6) is 0.930. The van der Waals surface area contributed by atoms with Crippen LogP contribution >= 0.6 is 11.3 Å². The van der Waals surface area contributed by atoms with E-state index in [1.165, 1.54) is 11.3 Å². The molecule has 0 radical (unpaired) electrons. The highest BCUT2D eigenvalue weighted by Gasteiger charge is 2.29. The maximum Gasteiger partial charge on any atom is 0.261 e. The lowest BCUT2D eigenvalue weighted by Gasteiger charge is -2.31. The summed E-state index contributed by atoms with van der Waals surface area (Å²) in [6.45, 7) is 3.88. The quantitative estimate of drug-likeness (QED) is 0.381. The third kappa shape index (κ3) is 4.23. The second kappa shape index (κ2) is 8.94. The molecule has 1 amide bonds. The minimum absolute atomic E-state index is 0.00532. The number of carbonyl (C=O) groups is 2. The number of aromatic amines is 1. The molecule has 5 rings (SSSR count). The number of thiophene rings is 1. The van der Waals surface area contributed by atoms with Gasteiger partial charge in [0.2, 0.25) is 0 Å². The molecule has 170 valence electrons. The Morgan fingerprint density at radius 1 is 1.21 bits per heavy atom. The molecular weight excluding hydrogens is 434 g/mol. The van der Waals surface area contributed by atoms with Gasteiger partial charge >= 0.3 is 0 Å². The van der Waals surface area contributed by atoms with Gasteiger partial charge in [0, 0.05) is 35.1 Å². The third-order valence-electron chi connectivity index (χ3n) is 6.39. The van der Waals surface area contributed by atoms with Crippen molar-refractivity contribution < 1.29 is 9.59 Å². The lowest BCUT2D eigenvalue weighted by Crippen LogP contribution is -2.38. The number of nitrogens with zero attached hydrogens (tertiary/aromatic N) is 3. The van der Waals surface area contributed by atoms with Crippen LogP contribution in [0.25, 0.3) is 22.6 Å². The van der Waals surface area contributed by atoms with Gasteiger partial charge in [-0.25, -0.2) is 4.98 Å². The normalized spacial score (nSPS) is 18.5. The van der Waals surface area contributed by atoms with Crippen LogP contribution in [-0.2, 0) is 0 Å². The number of Topliss-reactive ketones (excluding diaryl/α,β-unsaturated/α-hetero) is 1. The SMILES string of the molecule is CCC(=O)c1ccc2c(c1)nc(-c1ccn[nH]1)n2C1CCCC(NC(=O)c2ccc(C)s2)C1. The Bertz CT molecular complexity index is 1300. The molecule has 2 N–H and O–H groups in total. The average Bonchev–Trinajstić information content (AvgIpc) is 3.57. The summed E-state index contributed by atoms with van der Waals surface area (Å²) in [4.78, 5) is 31.8. The van der Waals surface area contributed by atoms with Crippen molar-refractivity contribution in [1.82, 2.24) is 25.1 Å². The number of nitrogens with one attached hydrogen (secondary N) is 2. The molecular formula is C25H27N5O2S. The second-order valence-electron chi connectivity index (χ2n) is 8.66. The summed E-state index contributed by atoms with van der Waals surface area (Å²) < 4.78 is 2.26. The predicted molar refractivity (Wildman–Crippen MR) is 130 cm³/mol. The first kappa shape index (κ1) is 21.6. The molecule has 33 heavy (non-hydrogen) atoms. The van der Waals surface area contributed by atoms with Gasteiger partial charge in [-0.1, -0.05) is 6.92 Å². The van der Waals surface area contributed by atoms with E-state index >= 15 is 0 Å². The smallest absolute Gasteiger partial charge is 0.261 e. The van der Waals surface area contributed by atoms with E-state index in [1.807, 2.05) is 50.2 Å². The maximum atomic E-state index is 12.8. The molecule has 1 aliphatic rings. The number of hydrogen-bond donors (Lipinski definition) is 2. The largest absolute Gasteiger partial charge is 0.349 e. The Morgan fingerprint density at radius 2 is 2.09 bits per heavy atom. The lowest BCUT2D eigenvalue weighted by molar-refractivity contribution is 0.0924. The second-order valence-corrected chi connectivity index (χ2v) is 9.94. The van der Waals surface area contributed by atoms with E-state index in [4.69, 9.17) is 4.98 Å². The van der Waals surface area contributed by atoms with Gasteiger partial charge in [-0.15, -0.1) is 11.3 Å². The summed E-state index contributed by atoms with van der Waals surface area (Å²) in [6, 6.07) is 11.9. The Kier molecular flexibility index (Phi) is 5.85. The van der Waals surface area contributed by atoms with Gasteiger partial charge in [0.15, 0.2) is 11.6 Å². The van der Waals surface area contributed by atoms with E-state index in [-0.39, 0.29) is 23.8 Å². The van der Waals surface area contributed by atoms with E-state index in [1.54, 1.807) is 6.20 Å². The number of H-pyrrole nitrogens is 1. The van der Waals surface area contributed by atoms with Crippen molar-refractivity contribution in [2.24, 2.45) is 0 Å². The highest BCUT2D eigenvalue weighted by molar-refractivity contribution is 7.13. The van der Waals surface area contributed by atoms with Crippen LogP contribution < -0.4 is 5.32 Å². The van der Waals surface area contributed by atoms with Crippen LogP contribution in [0.15, 0.2) is 42.6 Å². The van der Waals surface area contributed by atoms with E-state index in [9.17, 15) is 9.59 Å². The first-order chi connectivity index (χ1) is 16.0. The first-order valence-electron chi connectivity index (χ1n) is 11.5. The van der Waals surface area contributed by atoms with Crippen LogP contribution in [0.5, 0.6) is 0 Å². The highest BCUT2D eigenvalue weighted by Crippen LogP contribution is 2.36. The molecule has 1 fully saturated rings. The third-order valence-corrected chi connectivity index (χ3v) is 7.38. The van der Waals surface area contributed by atoms with E-state index in [2.05, 4.69) is 20.1 Å². The number of ketones is 1. The van der Waals surface area contributed by atoms with E-state index in [0.717, 1.165) is 58.0 Å². The highest BCUT2D eigenvalue weighted by atomic mass is 32.1. The monoisotopic (exact) mass is 461 g/mol. The fourth-order valence-electron chi connectivity index (χ4n) is 4.76. The summed E-state index contributed by atoms with van der Waals surface area (Å²) in [6.07, 6.45) is 6.01. The molecule has 1 aromatic carbocycles. The van der Waals surface area contributed by atoms with Crippen molar-refractivity contribution in [2.75, 3.05) is 0 Å². The van der Waals surface area contributed by atoms with Gasteiger partial charge in [0.1, 0.15) is 5.69 Å². The number of imidazole rings is 1. The molecule has 1 aliphatic carbocycles. The number of hydrogen-bond acceptors (Lipinski definition) is 5. The number of rotatable bonds is 6. The summed E-state index contributed by atoms with van der Waals surface area (Å²) in [5, 5.41) is 10.4. The molecule has 8 heteroatoms. The van der Waals surface area contributed by atoms with Crippen LogP contribution in [0.3, 0.4) is 0 Å². The van der Waals surface area contributed by atoms with Gasteiger partial charge in [0.25, 0.3) is 5.91 Å². The van der Waals surface area contributed by atoms with E-state index in [0.29, 0.717) is 12.0 Å². The van der Waals surface area contributed by atoms with Crippen LogP contribution in [0, 0.1) is 6.92 Å². The zero-order valence-electron chi connectivity index (χ0n) is 18.8. The Hall–Kier alpha value is -3.26. The fraction of sp³-hybridized carbons (Fsp3) is 0.360. The summed E-state index contributed by atoms with van der Waals surface area (Å²) in [7, 11) is 0. The Morgan fingerprint density at radius 3 is 2.82 bits per heavy atom. The van der Waals surface area contributed by atoms with Gasteiger partial charge in [0.05, 0.1) is 15.9 Å². The minimum Gasteiger partial charge on any atom is -0.349 e. The average molecular weight is 462 g/mol. The van der Waals surface area contributed by atoms with Crippen LogP contribution in [0.2, 0.25) is 0 Å². The number of aryl methyl sites for hydroxylation is 1. The summed E-state index contributed by atoms with van der Waals surface area (Å²) in [5.41, 5.74) is 3.33. The van der Waals surface area contributed by atoms with Crippen molar-refractivity contribution in [3.8, 4) is 11.5 Å². The van der Waals surface area contributed by atoms with Crippen LogP contribution in [-0.4, -0.2) is 37.5 Å². The fourth-order valence-corrected chi connectivity index (χ4v) is 5.53. The van der Waals surface area contributed by atoms with E-state index < -0.39 is 0 Å².